The molecule has 0 spiro atoms. The summed E-state index contributed by atoms with van der Waals surface area (Å²) in [5.74, 6) is 1.03. The van der Waals surface area contributed by atoms with Crippen LogP contribution in [0.4, 0.5) is 5.69 Å². The molecule has 1 N–H and O–H groups in total. The van der Waals surface area contributed by atoms with Crippen molar-refractivity contribution in [2.75, 3.05) is 19.5 Å². The Balaban J connectivity index is 2.11. The van der Waals surface area contributed by atoms with E-state index in [9.17, 15) is 4.79 Å². The zero-order valence-corrected chi connectivity index (χ0v) is 12.9. The van der Waals surface area contributed by atoms with Crippen LogP contribution in [-0.4, -0.2) is 20.1 Å². The molecule has 114 valence electrons. The van der Waals surface area contributed by atoms with Gasteiger partial charge in [0.05, 0.1) is 14.2 Å². The van der Waals surface area contributed by atoms with Crippen LogP contribution in [0.5, 0.6) is 11.5 Å². The molecule has 0 saturated heterocycles. The molecule has 4 heteroatoms. The van der Waals surface area contributed by atoms with Gasteiger partial charge in [-0.05, 0) is 31.2 Å². The summed E-state index contributed by atoms with van der Waals surface area (Å²) in [7, 11) is 3.15. The normalized spacial score (nSPS) is 10.5. The average Bonchev–Trinajstić information content (AvgIpc) is 2.54. The molecule has 0 aliphatic heterocycles. The summed E-state index contributed by atoms with van der Waals surface area (Å²) in [6.07, 6.45) is 3.17. The molecule has 22 heavy (non-hydrogen) atoms. The van der Waals surface area contributed by atoms with E-state index < -0.39 is 0 Å². The van der Waals surface area contributed by atoms with Crippen molar-refractivity contribution in [1.82, 2.24) is 0 Å². The number of amides is 1. The Morgan fingerprint density at radius 2 is 1.77 bits per heavy atom. The number of hydrogen-bond donors (Lipinski definition) is 1. The van der Waals surface area contributed by atoms with Gasteiger partial charge in [-0.25, -0.2) is 0 Å². The fourth-order valence-corrected chi connectivity index (χ4v) is 2.03. The number of nitrogens with one attached hydrogen (secondary N) is 1. The second-order valence-electron chi connectivity index (χ2n) is 4.77. The predicted octanol–water partition coefficient (Wildman–Crippen LogP) is 3.66. The Morgan fingerprint density at radius 1 is 1.05 bits per heavy atom. The molecule has 0 aliphatic rings. The van der Waals surface area contributed by atoms with Gasteiger partial charge in [-0.2, -0.15) is 0 Å². The zero-order valence-electron chi connectivity index (χ0n) is 12.9. The van der Waals surface area contributed by atoms with Crippen LogP contribution in [-0.2, 0) is 4.79 Å². The lowest BCUT2D eigenvalue weighted by molar-refractivity contribution is -0.111. The van der Waals surface area contributed by atoms with Gasteiger partial charge in [-0.3, -0.25) is 4.79 Å². The van der Waals surface area contributed by atoms with Gasteiger partial charge < -0.3 is 14.8 Å². The molecule has 0 saturated carbocycles. The highest BCUT2D eigenvalue weighted by Gasteiger charge is 2.07. The standard InChI is InChI=1S/C18H19NO3/c1-13-7-10-15(11-8-13)19-17(20)12-9-14-5-4-6-16(21-2)18(14)22-3/h4-12H,1-3H3,(H,19,20)/b12-9+. The molecule has 0 fully saturated rings. The van der Waals surface area contributed by atoms with E-state index in [0.29, 0.717) is 11.5 Å². The number of carbonyl (C=O) groups excluding carboxylic acids is 1. The fourth-order valence-electron chi connectivity index (χ4n) is 2.03. The molecule has 0 bridgehead atoms. The predicted molar refractivity (Wildman–Crippen MR) is 88.4 cm³/mol. The topological polar surface area (TPSA) is 47.6 Å². The van der Waals surface area contributed by atoms with E-state index in [0.717, 1.165) is 16.8 Å². The summed E-state index contributed by atoms with van der Waals surface area (Å²) in [5.41, 5.74) is 2.69. The Bertz CT molecular complexity index is 675. The summed E-state index contributed by atoms with van der Waals surface area (Å²) in [6, 6.07) is 13.1. The molecule has 0 atom stereocenters. The lowest BCUT2D eigenvalue weighted by Gasteiger charge is -2.09. The highest BCUT2D eigenvalue weighted by atomic mass is 16.5. The number of aryl methyl sites for hydroxylation is 1. The molecular formula is C18H19NO3. The van der Waals surface area contributed by atoms with E-state index in [1.54, 1.807) is 20.3 Å². The monoisotopic (exact) mass is 297 g/mol. The summed E-state index contributed by atoms with van der Waals surface area (Å²) < 4.78 is 10.6. The maximum absolute atomic E-state index is 12.0. The van der Waals surface area contributed by atoms with E-state index in [4.69, 9.17) is 9.47 Å². The highest BCUT2D eigenvalue weighted by Crippen LogP contribution is 2.31. The molecule has 0 unspecified atom stereocenters. The number of anilines is 1. The third-order valence-electron chi connectivity index (χ3n) is 3.17. The number of ether oxygens (including phenoxy) is 2. The Labute approximate surface area is 130 Å². The molecular weight excluding hydrogens is 278 g/mol. The largest absolute Gasteiger partial charge is 0.493 e. The minimum atomic E-state index is -0.200. The second kappa shape index (κ2) is 7.31. The van der Waals surface area contributed by atoms with Gasteiger partial charge in [0, 0.05) is 17.3 Å². The quantitative estimate of drug-likeness (QED) is 0.857. The van der Waals surface area contributed by atoms with Crippen molar-refractivity contribution in [2.24, 2.45) is 0 Å². The molecule has 2 aromatic carbocycles. The van der Waals surface area contributed by atoms with Crippen molar-refractivity contribution >= 4 is 17.7 Å². The summed E-state index contributed by atoms with van der Waals surface area (Å²) in [5, 5.41) is 2.81. The Hall–Kier alpha value is -2.75. The minimum absolute atomic E-state index is 0.200. The van der Waals surface area contributed by atoms with Crippen LogP contribution in [0.15, 0.2) is 48.5 Å². The smallest absolute Gasteiger partial charge is 0.248 e. The number of benzene rings is 2. The van der Waals surface area contributed by atoms with Crippen LogP contribution in [0.3, 0.4) is 0 Å². The Kier molecular flexibility index (Phi) is 5.20. The first-order valence-corrected chi connectivity index (χ1v) is 6.90. The zero-order chi connectivity index (χ0) is 15.9. The number of carbonyl (C=O) groups is 1. The van der Waals surface area contributed by atoms with Crippen LogP contribution in [0.2, 0.25) is 0 Å². The molecule has 0 aromatic heterocycles. The summed E-state index contributed by atoms with van der Waals surface area (Å²) in [6.45, 7) is 2.00. The third-order valence-corrected chi connectivity index (χ3v) is 3.17. The number of para-hydroxylation sites is 1. The van der Waals surface area contributed by atoms with Crippen molar-refractivity contribution in [3.05, 3.63) is 59.7 Å². The summed E-state index contributed by atoms with van der Waals surface area (Å²) >= 11 is 0. The third kappa shape index (κ3) is 3.88. The highest BCUT2D eigenvalue weighted by molar-refractivity contribution is 6.02. The first-order chi connectivity index (χ1) is 10.6. The Morgan fingerprint density at radius 3 is 2.41 bits per heavy atom. The molecule has 0 radical (unpaired) electrons. The van der Waals surface area contributed by atoms with Crippen molar-refractivity contribution < 1.29 is 14.3 Å². The van der Waals surface area contributed by atoms with E-state index in [1.807, 2.05) is 49.4 Å². The molecule has 0 heterocycles. The van der Waals surface area contributed by atoms with Crippen molar-refractivity contribution in [3.8, 4) is 11.5 Å². The average molecular weight is 297 g/mol. The second-order valence-corrected chi connectivity index (χ2v) is 4.77. The molecule has 1 amide bonds. The van der Waals surface area contributed by atoms with Gasteiger partial charge in [0.1, 0.15) is 0 Å². The molecule has 4 nitrogen and oxygen atoms in total. The maximum Gasteiger partial charge on any atom is 0.248 e. The summed E-state index contributed by atoms with van der Waals surface area (Å²) in [4.78, 5) is 12.0. The van der Waals surface area contributed by atoms with Crippen molar-refractivity contribution in [3.63, 3.8) is 0 Å². The van der Waals surface area contributed by atoms with Crippen molar-refractivity contribution in [2.45, 2.75) is 6.92 Å². The minimum Gasteiger partial charge on any atom is -0.493 e. The van der Waals surface area contributed by atoms with Crippen LogP contribution in [0.25, 0.3) is 6.08 Å². The molecule has 2 rings (SSSR count). The van der Waals surface area contributed by atoms with Gasteiger partial charge in [0.15, 0.2) is 11.5 Å². The fraction of sp³-hybridized carbons (Fsp3) is 0.167. The lowest BCUT2D eigenvalue weighted by Crippen LogP contribution is -2.07. The van der Waals surface area contributed by atoms with E-state index >= 15 is 0 Å². The van der Waals surface area contributed by atoms with Crippen LogP contribution in [0.1, 0.15) is 11.1 Å². The number of hydrogen-bond acceptors (Lipinski definition) is 3. The van der Waals surface area contributed by atoms with Crippen LogP contribution >= 0.6 is 0 Å². The molecule has 0 aliphatic carbocycles. The van der Waals surface area contributed by atoms with Crippen LogP contribution in [0, 0.1) is 6.92 Å². The van der Waals surface area contributed by atoms with E-state index in [1.165, 1.54) is 6.08 Å². The van der Waals surface area contributed by atoms with Crippen LogP contribution < -0.4 is 14.8 Å². The number of methoxy groups -OCH3 is 2. The first kappa shape index (κ1) is 15.6. The maximum atomic E-state index is 12.0. The van der Waals surface area contributed by atoms with Gasteiger partial charge in [-0.1, -0.05) is 29.8 Å². The van der Waals surface area contributed by atoms with Crippen molar-refractivity contribution in [1.29, 1.82) is 0 Å². The van der Waals surface area contributed by atoms with Gasteiger partial charge in [-0.15, -0.1) is 0 Å². The SMILES string of the molecule is COc1cccc(/C=C/C(=O)Nc2ccc(C)cc2)c1OC. The van der Waals surface area contributed by atoms with Gasteiger partial charge in [0.2, 0.25) is 5.91 Å². The first-order valence-electron chi connectivity index (χ1n) is 6.90. The number of rotatable bonds is 5. The van der Waals surface area contributed by atoms with E-state index in [2.05, 4.69) is 5.32 Å². The van der Waals surface area contributed by atoms with Gasteiger partial charge >= 0.3 is 0 Å². The lowest BCUT2D eigenvalue weighted by atomic mass is 10.1. The van der Waals surface area contributed by atoms with E-state index in [-0.39, 0.29) is 5.91 Å². The molecule has 2 aromatic rings. The van der Waals surface area contributed by atoms with Gasteiger partial charge in [0.25, 0.3) is 0 Å².